The molecule has 0 spiro atoms. The van der Waals surface area contributed by atoms with Crippen molar-refractivity contribution in [2.24, 2.45) is 23.7 Å². The van der Waals surface area contributed by atoms with Crippen LogP contribution in [0.5, 0.6) is 0 Å². The molecule has 2 aromatic rings. The van der Waals surface area contributed by atoms with Crippen molar-refractivity contribution in [2.75, 3.05) is 14.2 Å². The van der Waals surface area contributed by atoms with Gasteiger partial charge in [0.15, 0.2) is 5.78 Å². The maximum absolute atomic E-state index is 14.1. The SMILES string of the molecule is C=CC1=C2/C=c3\[n-]c(c(CC)\c3=C\O)/C=c3\[n-]c4c(c3C)C(=O)[C@H](C(=O)OC)C=4C3[N-]/C(=C\C([N-]2)C1C)[C@@H](C)[C@@H]3CCC(=O)OC.[Mg+2]. The van der Waals surface area contributed by atoms with Crippen LogP contribution in [0.25, 0.3) is 34.6 Å². The van der Waals surface area contributed by atoms with Crippen molar-refractivity contribution in [3.8, 4) is 0 Å². The van der Waals surface area contributed by atoms with Gasteiger partial charge in [0.25, 0.3) is 0 Å². The first-order valence-corrected chi connectivity index (χ1v) is 15.7. The Morgan fingerprint density at radius 1 is 1.06 bits per heavy atom. The number of rotatable bonds is 6. The monoisotopic (exact) mass is 646 g/mol. The standard InChI is InChI=1S/C36H38N4O6.Mg/c1-8-19-16(3)23-12-24-17(4)21(10-11-29(42)45-6)33(39-24)31-32(36(44)46-7)35(43)30-18(5)25(40-34(30)31)13-27-20(9-2)22(15-41)28(38-27)14-26(19)37-23;/h8,12-17,21,23,32-33H,1,9-11H2,2-7H3,(H,41,43);/q-4;+2/b24-12-,28-14-;/t16?,17-,21-,23?,32+,33?;/m0./s1. The van der Waals surface area contributed by atoms with E-state index in [1.165, 1.54) is 14.2 Å². The average Bonchev–Trinajstić information content (AvgIpc) is 3.79. The molecule has 3 unspecified atom stereocenters. The van der Waals surface area contributed by atoms with Crippen LogP contribution in [-0.4, -0.2) is 72.2 Å². The van der Waals surface area contributed by atoms with Gasteiger partial charge in [-0.1, -0.05) is 79.9 Å². The summed E-state index contributed by atoms with van der Waals surface area (Å²) in [4.78, 5) is 49.5. The summed E-state index contributed by atoms with van der Waals surface area (Å²) in [5.74, 6) is -2.93. The molecule has 1 N–H and O–H groups in total. The van der Waals surface area contributed by atoms with E-state index in [-0.39, 0.29) is 65.0 Å². The van der Waals surface area contributed by atoms with E-state index < -0.39 is 17.9 Å². The molecule has 242 valence electrons. The van der Waals surface area contributed by atoms with Gasteiger partial charge in [0.1, 0.15) is 5.92 Å². The number of hydrogen-bond donors (Lipinski definition) is 1. The van der Waals surface area contributed by atoms with Crippen molar-refractivity contribution in [1.29, 1.82) is 0 Å². The molecule has 3 aliphatic heterocycles. The molecule has 0 saturated carbocycles. The molecule has 1 saturated heterocycles. The number of esters is 2. The molecule has 1 aliphatic carbocycles. The number of nitrogens with zero attached hydrogens (tertiary/aromatic N) is 4. The first-order valence-electron chi connectivity index (χ1n) is 15.7. The Morgan fingerprint density at radius 2 is 1.81 bits per heavy atom. The molecule has 0 aromatic carbocycles. The van der Waals surface area contributed by atoms with Gasteiger partial charge in [0, 0.05) is 12.0 Å². The van der Waals surface area contributed by atoms with E-state index in [1.54, 1.807) is 0 Å². The number of carbonyl (C=O) groups is 3. The molecule has 1 fully saturated rings. The van der Waals surface area contributed by atoms with Crippen molar-refractivity contribution >= 4 is 64.8 Å². The van der Waals surface area contributed by atoms with Crippen LogP contribution in [0.15, 0.2) is 35.7 Å². The van der Waals surface area contributed by atoms with Gasteiger partial charge in [-0.3, -0.25) is 14.4 Å². The number of ether oxygens (including phenoxy) is 2. The Labute approximate surface area is 289 Å². The predicted molar refractivity (Wildman–Crippen MR) is 179 cm³/mol. The van der Waals surface area contributed by atoms with E-state index >= 15 is 0 Å². The van der Waals surface area contributed by atoms with E-state index in [1.807, 2.05) is 38.2 Å². The summed E-state index contributed by atoms with van der Waals surface area (Å²) in [6, 6.07) is -0.870. The molecule has 6 atom stereocenters. The Bertz CT molecular complexity index is 1980. The summed E-state index contributed by atoms with van der Waals surface area (Å²) in [5.41, 5.74) is 5.43. The van der Waals surface area contributed by atoms with Crippen LogP contribution in [0.2, 0.25) is 0 Å². The summed E-state index contributed by atoms with van der Waals surface area (Å²) in [6.45, 7) is 12.0. The maximum Gasteiger partial charge on any atom is 2.00 e. The van der Waals surface area contributed by atoms with Crippen LogP contribution in [0.1, 0.15) is 60.8 Å². The fourth-order valence-corrected chi connectivity index (χ4v) is 7.54. The quantitative estimate of drug-likeness (QED) is 0.284. The number of fused-ring (bicyclic) bond motifs is 8. The molecule has 0 radical (unpaired) electrons. The van der Waals surface area contributed by atoms with Gasteiger partial charge in [0.2, 0.25) is 0 Å². The molecule has 2 aromatic heterocycles. The molecular weight excluding hydrogens is 609 g/mol. The van der Waals surface area contributed by atoms with Crippen LogP contribution < -0.4 is 31.2 Å². The maximum atomic E-state index is 14.1. The van der Waals surface area contributed by atoms with Crippen molar-refractivity contribution in [3.63, 3.8) is 0 Å². The molecule has 8 bridgehead atoms. The normalized spacial score (nSPS) is 28.6. The first kappa shape index (κ1) is 34.4. The number of hydrogen-bond acceptors (Lipinski definition) is 6. The Hall–Kier alpha value is -3.96. The number of methoxy groups -OCH3 is 2. The molecule has 10 nitrogen and oxygen atoms in total. The largest absolute Gasteiger partial charge is 2.00 e. The second-order valence-corrected chi connectivity index (χ2v) is 12.4. The zero-order valence-corrected chi connectivity index (χ0v) is 29.1. The van der Waals surface area contributed by atoms with Gasteiger partial charge in [-0.2, -0.15) is 5.70 Å². The minimum absolute atomic E-state index is 0. The summed E-state index contributed by atoms with van der Waals surface area (Å²) < 4.78 is 10.1. The zero-order chi connectivity index (χ0) is 33.0. The van der Waals surface area contributed by atoms with Gasteiger partial charge in [-0.25, -0.2) is 0 Å². The molecule has 0 amide bonds. The fraction of sp³-hybridized carbons (Fsp3) is 0.417. The van der Waals surface area contributed by atoms with E-state index in [0.717, 1.165) is 28.8 Å². The number of aliphatic hydroxyl groups excluding tert-OH is 1. The molecule has 47 heavy (non-hydrogen) atoms. The van der Waals surface area contributed by atoms with Gasteiger partial charge in [0.05, 0.1) is 20.5 Å². The van der Waals surface area contributed by atoms with E-state index in [0.29, 0.717) is 56.5 Å². The Balaban J connectivity index is 0.00000433. The van der Waals surface area contributed by atoms with Gasteiger partial charge in [-0.15, -0.1) is 33.5 Å². The number of carbonyl (C=O) groups excluding carboxylic acids is 3. The smallest absolute Gasteiger partial charge is 0.682 e. The second-order valence-electron chi connectivity index (χ2n) is 12.4. The fourth-order valence-electron chi connectivity index (χ4n) is 7.54. The van der Waals surface area contributed by atoms with Crippen LogP contribution in [0, 0.1) is 30.6 Å². The molecule has 11 heteroatoms. The minimum atomic E-state index is -1.19. The van der Waals surface area contributed by atoms with E-state index in [4.69, 9.17) is 30.1 Å². The summed E-state index contributed by atoms with van der Waals surface area (Å²) in [6.07, 6.45) is 9.83. The Kier molecular flexibility index (Phi) is 9.71. The number of Topliss-reactive ketones (excluding diaryl/α,β-unsaturated/α-hetero) is 1. The van der Waals surface area contributed by atoms with Crippen molar-refractivity contribution in [3.05, 3.63) is 90.0 Å². The third-order valence-electron chi connectivity index (χ3n) is 10.1. The summed E-state index contributed by atoms with van der Waals surface area (Å²) in [5, 5.41) is 22.7. The number of aromatic nitrogens is 2. The van der Waals surface area contributed by atoms with Gasteiger partial charge in [-0.05, 0) is 42.7 Å². The van der Waals surface area contributed by atoms with Crippen LogP contribution >= 0.6 is 0 Å². The van der Waals surface area contributed by atoms with Crippen molar-refractivity contribution in [2.45, 2.75) is 59.0 Å². The van der Waals surface area contributed by atoms with Gasteiger partial charge < -0.3 is 35.2 Å². The van der Waals surface area contributed by atoms with Crippen molar-refractivity contribution < 1.29 is 29.0 Å². The third kappa shape index (κ3) is 5.47. The van der Waals surface area contributed by atoms with Crippen LogP contribution in [0.3, 0.4) is 0 Å². The zero-order valence-electron chi connectivity index (χ0n) is 27.7. The summed E-state index contributed by atoms with van der Waals surface area (Å²) >= 11 is 0. The first-order chi connectivity index (χ1) is 22.1. The predicted octanol–water partition coefficient (Wildman–Crippen LogP) is 1.82. The van der Waals surface area contributed by atoms with Crippen LogP contribution in [0.4, 0.5) is 0 Å². The van der Waals surface area contributed by atoms with Crippen LogP contribution in [-0.2, 0) is 25.5 Å². The van der Waals surface area contributed by atoms with Crippen molar-refractivity contribution in [1.82, 2.24) is 9.97 Å². The molecule has 4 aliphatic rings. The molecule has 5 heterocycles. The van der Waals surface area contributed by atoms with Gasteiger partial charge >= 0.3 is 35.0 Å². The summed E-state index contributed by atoms with van der Waals surface area (Å²) in [7, 11) is 2.63. The second kappa shape index (κ2) is 13.3. The Morgan fingerprint density at radius 3 is 2.45 bits per heavy atom. The van der Waals surface area contributed by atoms with E-state index in [9.17, 15) is 19.5 Å². The number of allylic oxidation sites excluding steroid dienone is 3. The minimum Gasteiger partial charge on any atom is -0.682 e. The van der Waals surface area contributed by atoms with E-state index in [2.05, 4.69) is 20.4 Å². The average molecular weight is 647 g/mol. The third-order valence-corrected chi connectivity index (χ3v) is 10.1. The molecule has 6 rings (SSSR count). The topological polar surface area (TPSA) is 146 Å². The number of ketones is 1. The molecular formula is C36H38MgN4O6-2. The number of aliphatic hydroxyl groups is 1.